The summed E-state index contributed by atoms with van der Waals surface area (Å²) in [7, 11) is 0. The van der Waals surface area contributed by atoms with E-state index in [1.54, 1.807) is 12.1 Å². The first-order valence-electron chi connectivity index (χ1n) is 8.78. The second-order valence-corrected chi connectivity index (χ2v) is 6.24. The van der Waals surface area contributed by atoms with Gasteiger partial charge in [-0.3, -0.25) is 4.79 Å². The van der Waals surface area contributed by atoms with Crippen LogP contribution in [0.25, 0.3) is 5.69 Å². The van der Waals surface area contributed by atoms with Crippen molar-refractivity contribution in [3.05, 3.63) is 65.0 Å². The van der Waals surface area contributed by atoms with Crippen LogP contribution in [0, 0.1) is 13.8 Å². The summed E-state index contributed by atoms with van der Waals surface area (Å²) in [6.45, 7) is 2.84. The smallest absolute Gasteiger partial charge is 0.387 e. The quantitative estimate of drug-likeness (QED) is 0.686. The summed E-state index contributed by atoms with van der Waals surface area (Å²) in [5.74, 6) is -0.303. The Morgan fingerprint density at radius 3 is 2.36 bits per heavy atom. The van der Waals surface area contributed by atoms with Crippen LogP contribution in [0.2, 0.25) is 0 Å². The molecule has 1 amide bonds. The molecule has 0 aliphatic heterocycles. The lowest BCUT2D eigenvalue weighted by Crippen LogP contribution is -2.16. The standard InChI is InChI=1S/C20H20F2N4O2/c1-4-16-18(19(27)23-17-12(2)6-5-7-13(17)3)24-25-26(16)14-8-10-15(11-9-14)28-20(21)22/h5-11,20H,4H2,1-3H3,(H,23,27). The number of amides is 1. The van der Waals surface area contributed by atoms with E-state index >= 15 is 0 Å². The van der Waals surface area contributed by atoms with Crippen molar-refractivity contribution in [2.75, 3.05) is 5.32 Å². The maximum Gasteiger partial charge on any atom is 0.387 e. The number of halogens is 2. The van der Waals surface area contributed by atoms with Crippen molar-refractivity contribution >= 4 is 11.6 Å². The second-order valence-electron chi connectivity index (χ2n) is 6.24. The third kappa shape index (κ3) is 4.00. The Hall–Kier alpha value is -3.29. The highest BCUT2D eigenvalue weighted by atomic mass is 19.3. The number of para-hydroxylation sites is 1. The summed E-state index contributed by atoms with van der Waals surface area (Å²) in [6.07, 6.45) is 0.512. The lowest BCUT2D eigenvalue weighted by Gasteiger charge is -2.11. The second kappa shape index (κ2) is 8.16. The minimum atomic E-state index is -2.89. The Bertz CT molecular complexity index is 964. The van der Waals surface area contributed by atoms with Crippen molar-refractivity contribution in [1.29, 1.82) is 0 Å². The van der Waals surface area contributed by atoms with E-state index in [0.29, 0.717) is 17.8 Å². The minimum Gasteiger partial charge on any atom is -0.435 e. The van der Waals surface area contributed by atoms with Crippen molar-refractivity contribution in [1.82, 2.24) is 15.0 Å². The van der Waals surface area contributed by atoms with Crippen molar-refractivity contribution in [3.8, 4) is 11.4 Å². The number of ether oxygens (including phenoxy) is 1. The van der Waals surface area contributed by atoms with Crippen molar-refractivity contribution < 1.29 is 18.3 Å². The van der Waals surface area contributed by atoms with Crippen molar-refractivity contribution in [2.45, 2.75) is 33.8 Å². The number of aromatic nitrogens is 3. The van der Waals surface area contributed by atoms with Crippen LogP contribution < -0.4 is 10.1 Å². The van der Waals surface area contributed by atoms with Crippen LogP contribution in [0.3, 0.4) is 0 Å². The number of benzene rings is 2. The third-order valence-electron chi connectivity index (χ3n) is 4.34. The summed E-state index contributed by atoms with van der Waals surface area (Å²) in [4.78, 5) is 12.8. The molecule has 3 rings (SSSR count). The van der Waals surface area contributed by atoms with Gasteiger partial charge in [0.1, 0.15) is 5.75 Å². The van der Waals surface area contributed by atoms with Gasteiger partial charge < -0.3 is 10.1 Å². The Balaban J connectivity index is 1.88. The molecule has 0 aliphatic rings. The summed E-state index contributed by atoms with van der Waals surface area (Å²) >= 11 is 0. The molecule has 0 atom stereocenters. The van der Waals surface area contributed by atoms with E-state index in [2.05, 4.69) is 20.4 Å². The lowest BCUT2D eigenvalue weighted by molar-refractivity contribution is -0.0498. The molecular formula is C20H20F2N4O2. The van der Waals surface area contributed by atoms with Crippen LogP contribution in [0.1, 0.15) is 34.2 Å². The van der Waals surface area contributed by atoms with Gasteiger partial charge in [-0.2, -0.15) is 8.78 Å². The largest absolute Gasteiger partial charge is 0.435 e. The average Bonchev–Trinajstić information content (AvgIpc) is 3.09. The Morgan fingerprint density at radius 2 is 1.79 bits per heavy atom. The third-order valence-corrected chi connectivity index (χ3v) is 4.34. The highest BCUT2D eigenvalue weighted by Gasteiger charge is 2.20. The molecule has 0 spiro atoms. The summed E-state index contributed by atoms with van der Waals surface area (Å²) in [5.41, 5.74) is 4.08. The van der Waals surface area contributed by atoms with E-state index in [1.165, 1.54) is 16.8 Å². The minimum absolute atomic E-state index is 0.0462. The lowest BCUT2D eigenvalue weighted by atomic mass is 10.1. The number of rotatable bonds is 6. The Morgan fingerprint density at radius 1 is 1.14 bits per heavy atom. The molecule has 28 heavy (non-hydrogen) atoms. The molecule has 1 heterocycles. The summed E-state index contributed by atoms with van der Waals surface area (Å²) in [6, 6.07) is 11.8. The molecule has 1 N–H and O–H groups in total. The van der Waals surface area contributed by atoms with Gasteiger partial charge in [-0.25, -0.2) is 4.68 Å². The average molecular weight is 386 g/mol. The molecule has 6 nitrogen and oxygen atoms in total. The van der Waals surface area contributed by atoms with Gasteiger partial charge in [0.25, 0.3) is 5.91 Å². The van der Waals surface area contributed by atoms with Gasteiger partial charge >= 0.3 is 6.61 Å². The van der Waals surface area contributed by atoms with Crippen LogP contribution in [-0.4, -0.2) is 27.5 Å². The normalized spacial score (nSPS) is 10.9. The van der Waals surface area contributed by atoms with E-state index in [1.807, 2.05) is 39.0 Å². The summed E-state index contributed by atoms with van der Waals surface area (Å²) < 4.78 is 30.5. The Labute approximate surface area is 161 Å². The number of aryl methyl sites for hydroxylation is 2. The van der Waals surface area contributed by atoms with E-state index < -0.39 is 6.61 Å². The topological polar surface area (TPSA) is 69.0 Å². The zero-order valence-electron chi connectivity index (χ0n) is 15.7. The van der Waals surface area contributed by atoms with E-state index in [9.17, 15) is 13.6 Å². The maximum atomic E-state index is 12.8. The van der Waals surface area contributed by atoms with Crippen LogP contribution in [0.15, 0.2) is 42.5 Å². The SMILES string of the molecule is CCc1c(C(=O)Nc2c(C)cccc2C)nnn1-c1ccc(OC(F)F)cc1. The number of carbonyl (C=O) groups is 1. The number of anilines is 1. The maximum absolute atomic E-state index is 12.8. The molecule has 0 bridgehead atoms. The van der Waals surface area contributed by atoms with Gasteiger partial charge in [0.05, 0.1) is 11.4 Å². The molecule has 0 unspecified atom stereocenters. The zero-order chi connectivity index (χ0) is 20.3. The molecule has 0 saturated carbocycles. The van der Waals surface area contributed by atoms with Gasteiger partial charge in [0, 0.05) is 5.69 Å². The number of nitrogens with one attached hydrogen (secondary N) is 1. The number of carbonyl (C=O) groups excluding carboxylic acids is 1. The highest BCUT2D eigenvalue weighted by molar-refractivity contribution is 6.04. The van der Waals surface area contributed by atoms with Gasteiger partial charge in [0.15, 0.2) is 5.69 Å². The number of hydrogen-bond acceptors (Lipinski definition) is 4. The molecule has 8 heteroatoms. The molecule has 0 fully saturated rings. The van der Waals surface area contributed by atoms with Gasteiger partial charge in [-0.05, 0) is 55.7 Å². The van der Waals surface area contributed by atoms with Gasteiger partial charge in [-0.1, -0.05) is 30.3 Å². The number of nitrogens with zero attached hydrogens (tertiary/aromatic N) is 3. The fraction of sp³-hybridized carbons (Fsp3) is 0.250. The van der Waals surface area contributed by atoms with Crippen molar-refractivity contribution in [2.24, 2.45) is 0 Å². The number of alkyl halides is 2. The van der Waals surface area contributed by atoms with Crippen LogP contribution in [0.5, 0.6) is 5.75 Å². The van der Waals surface area contributed by atoms with Crippen LogP contribution in [0.4, 0.5) is 14.5 Å². The predicted octanol–water partition coefficient (Wildman–Crippen LogP) is 4.30. The molecular weight excluding hydrogens is 366 g/mol. The first-order chi connectivity index (χ1) is 13.4. The van der Waals surface area contributed by atoms with Crippen molar-refractivity contribution in [3.63, 3.8) is 0 Å². The van der Waals surface area contributed by atoms with E-state index in [-0.39, 0.29) is 17.4 Å². The highest BCUT2D eigenvalue weighted by Crippen LogP contribution is 2.22. The van der Waals surface area contributed by atoms with E-state index in [0.717, 1.165) is 16.8 Å². The fourth-order valence-corrected chi connectivity index (χ4v) is 2.96. The van der Waals surface area contributed by atoms with Crippen LogP contribution in [-0.2, 0) is 6.42 Å². The molecule has 1 aromatic heterocycles. The van der Waals surface area contributed by atoms with Gasteiger partial charge in [0.2, 0.25) is 0 Å². The molecule has 0 saturated heterocycles. The molecule has 2 aromatic carbocycles. The molecule has 0 radical (unpaired) electrons. The van der Waals surface area contributed by atoms with Gasteiger partial charge in [-0.15, -0.1) is 5.10 Å². The fourth-order valence-electron chi connectivity index (χ4n) is 2.96. The van der Waals surface area contributed by atoms with Crippen LogP contribution >= 0.6 is 0 Å². The Kier molecular flexibility index (Phi) is 5.67. The monoisotopic (exact) mass is 386 g/mol. The first-order valence-corrected chi connectivity index (χ1v) is 8.78. The molecule has 3 aromatic rings. The molecule has 146 valence electrons. The molecule has 0 aliphatic carbocycles. The predicted molar refractivity (Wildman–Crippen MR) is 101 cm³/mol. The zero-order valence-corrected chi connectivity index (χ0v) is 15.7. The summed E-state index contributed by atoms with van der Waals surface area (Å²) in [5, 5.41) is 11.0. The first kappa shape index (κ1) is 19.5. The van der Waals surface area contributed by atoms with E-state index in [4.69, 9.17) is 0 Å². The number of hydrogen-bond donors (Lipinski definition) is 1.